The summed E-state index contributed by atoms with van der Waals surface area (Å²) in [5.41, 5.74) is 28.9. The first-order valence-corrected chi connectivity index (χ1v) is 24.5. The second-order valence-electron chi connectivity index (χ2n) is 17.8. The lowest BCUT2D eigenvalue weighted by Crippen LogP contribution is -2.60. The number of amides is 8. The number of hydrogen-bond acceptors (Lipinski definition) is 16. The van der Waals surface area contributed by atoms with Crippen molar-refractivity contribution in [3.63, 3.8) is 0 Å². The lowest BCUT2D eigenvalue weighted by atomic mass is 10.0. The molecule has 0 saturated heterocycles. The molecule has 0 spiro atoms. The van der Waals surface area contributed by atoms with Gasteiger partial charge in [0.1, 0.15) is 48.0 Å². The number of aromatic hydroxyl groups is 1. The van der Waals surface area contributed by atoms with Crippen molar-refractivity contribution in [3.05, 3.63) is 65.7 Å². The minimum atomic E-state index is -1.70. The number of unbranched alkanes of at least 4 members (excludes halogenated alkanes) is 2. The van der Waals surface area contributed by atoms with Crippen molar-refractivity contribution in [2.45, 2.75) is 132 Å². The van der Waals surface area contributed by atoms with E-state index in [9.17, 15) is 63.6 Å². The van der Waals surface area contributed by atoms with Crippen molar-refractivity contribution >= 4 is 59.2 Å². The van der Waals surface area contributed by atoms with Gasteiger partial charge in [-0.05, 0) is 102 Å². The van der Waals surface area contributed by atoms with Crippen LogP contribution in [0.2, 0.25) is 0 Å². The molecule has 2 aromatic rings. The molecule has 27 nitrogen and oxygen atoms in total. The monoisotopic (exact) mass is 1060 g/mol. The molecule has 8 amide bonds. The first kappa shape index (κ1) is 63.7. The number of carboxylic acids is 1. The van der Waals surface area contributed by atoms with Gasteiger partial charge in [0.25, 0.3) is 0 Å². The third-order valence-electron chi connectivity index (χ3n) is 11.4. The highest BCUT2D eigenvalue weighted by atomic mass is 16.4. The second-order valence-corrected chi connectivity index (χ2v) is 17.8. The highest BCUT2D eigenvalue weighted by Gasteiger charge is 2.34. The van der Waals surface area contributed by atoms with Crippen LogP contribution in [0.15, 0.2) is 59.6 Å². The molecule has 22 N–H and O–H groups in total. The van der Waals surface area contributed by atoms with E-state index >= 15 is 0 Å². The van der Waals surface area contributed by atoms with E-state index in [0.29, 0.717) is 36.8 Å². The zero-order valence-corrected chi connectivity index (χ0v) is 42.3. The van der Waals surface area contributed by atoms with Crippen LogP contribution >= 0.6 is 0 Å². The van der Waals surface area contributed by atoms with E-state index in [-0.39, 0.29) is 69.9 Å². The number of phenols is 1. The topological polar surface area (TPSA) is 473 Å². The zero-order valence-electron chi connectivity index (χ0n) is 42.3. The molecule has 0 aliphatic rings. The molecule has 9 atom stereocenters. The summed E-state index contributed by atoms with van der Waals surface area (Å²) in [6.07, 6.45) is -0.129. The molecule has 0 heterocycles. The van der Waals surface area contributed by atoms with Crippen molar-refractivity contribution in [3.8, 4) is 5.75 Å². The minimum absolute atomic E-state index is 0.00562. The molecule has 0 aliphatic carbocycles. The summed E-state index contributed by atoms with van der Waals surface area (Å²) in [6.45, 7) is 1.38. The van der Waals surface area contributed by atoms with Gasteiger partial charge in [0.15, 0.2) is 5.96 Å². The van der Waals surface area contributed by atoms with E-state index in [1.54, 1.807) is 30.3 Å². The number of rotatable bonds is 35. The maximum Gasteiger partial charge on any atom is 0.326 e. The molecule has 0 aliphatic heterocycles. The van der Waals surface area contributed by atoms with Gasteiger partial charge in [-0.15, -0.1) is 0 Å². The molecule has 0 fully saturated rings. The fourth-order valence-electron chi connectivity index (χ4n) is 7.19. The molecule has 2 rings (SSSR count). The van der Waals surface area contributed by atoms with Crippen molar-refractivity contribution < 1.29 is 63.6 Å². The maximum atomic E-state index is 13.9. The number of phenolic OH excluding ortho intramolecular Hbond substituents is 1. The summed E-state index contributed by atoms with van der Waals surface area (Å²) in [5.74, 6) is -8.88. The molecule has 0 unspecified atom stereocenters. The minimum Gasteiger partial charge on any atom is -0.508 e. The lowest BCUT2D eigenvalue weighted by molar-refractivity contribution is -0.142. The second kappa shape index (κ2) is 34.1. The number of nitrogens with zero attached hydrogens (tertiary/aromatic N) is 1. The van der Waals surface area contributed by atoms with E-state index in [1.807, 2.05) is 0 Å². The van der Waals surface area contributed by atoms with Gasteiger partial charge in [-0.1, -0.05) is 42.5 Å². The van der Waals surface area contributed by atoms with E-state index in [0.717, 1.165) is 0 Å². The Morgan fingerprint density at radius 1 is 0.560 bits per heavy atom. The highest BCUT2D eigenvalue weighted by molar-refractivity contribution is 5.97. The average Bonchev–Trinajstić information content (AvgIpc) is 3.36. The Hall–Kier alpha value is -7.46. The van der Waals surface area contributed by atoms with Gasteiger partial charge in [0.2, 0.25) is 47.3 Å². The zero-order chi connectivity index (χ0) is 56.0. The van der Waals surface area contributed by atoms with E-state index < -0.39 is 121 Å². The van der Waals surface area contributed by atoms with Gasteiger partial charge in [-0.25, -0.2) is 4.79 Å². The Kier molecular flexibility index (Phi) is 29.0. The van der Waals surface area contributed by atoms with Crippen LogP contribution in [0.3, 0.4) is 0 Å². The fourth-order valence-corrected chi connectivity index (χ4v) is 7.19. The quantitative estimate of drug-likeness (QED) is 0.0174. The predicted molar refractivity (Wildman–Crippen MR) is 274 cm³/mol. The summed E-state index contributed by atoms with van der Waals surface area (Å²) < 4.78 is 0. The standard InChI is InChI=1S/C48H76N14O13/c1-27(51)40(67)62-39(28(2)64)46(73)59-34(15-10-22-54-48(52)53)42(69)57-32(13-6-8-20-49)41(68)55-25-38(66)56-35(23-30-16-18-31(65)19-17-30)44(71)61-37(26-63)45(72)58-33(14-7-9-21-50)43(70)60-36(47(74)75)24-29-11-4-3-5-12-29/h3-5,11-12,16-19,27-28,32-37,39,63-65H,6-10,13-15,20-26,49-51H2,1-2H3,(H,55,68)(H,56,66)(H,57,69)(H,58,72)(H,59,73)(H,60,70)(H,61,71)(H,62,67)(H,74,75)(H4,52,53,54)/t27-,28+,32-,33-,34-,35-,36-,37-,39-/m0/s1. The molecule has 0 bridgehead atoms. The number of aliphatic imine (C=N–C) groups is 1. The number of aliphatic carboxylic acids is 1. The summed E-state index contributed by atoms with van der Waals surface area (Å²) in [4.78, 5) is 124. The molecule has 416 valence electrons. The van der Waals surface area contributed by atoms with Crippen molar-refractivity contribution in [1.82, 2.24) is 42.5 Å². The summed E-state index contributed by atoms with van der Waals surface area (Å²) in [7, 11) is 0. The van der Waals surface area contributed by atoms with Crippen LogP contribution < -0.4 is 71.2 Å². The first-order valence-electron chi connectivity index (χ1n) is 24.5. The Labute approximate surface area is 434 Å². The maximum absolute atomic E-state index is 13.9. The Bertz CT molecular complexity index is 2200. The molecule has 0 aromatic heterocycles. The summed E-state index contributed by atoms with van der Waals surface area (Å²) in [6, 6.07) is 2.94. The van der Waals surface area contributed by atoms with Gasteiger partial charge in [0, 0.05) is 19.4 Å². The van der Waals surface area contributed by atoms with Gasteiger partial charge in [0.05, 0.1) is 25.3 Å². The van der Waals surface area contributed by atoms with Crippen LogP contribution in [0.4, 0.5) is 0 Å². The number of carboxylic acid groups (broad SMARTS) is 1. The number of nitrogens with one attached hydrogen (secondary N) is 8. The van der Waals surface area contributed by atoms with E-state index in [1.165, 1.54) is 38.1 Å². The Morgan fingerprint density at radius 3 is 1.53 bits per heavy atom. The number of nitrogens with two attached hydrogens (primary N) is 5. The molecular formula is C48H76N14O13. The van der Waals surface area contributed by atoms with Gasteiger partial charge in [-0.2, -0.15) is 0 Å². The van der Waals surface area contributed by atoms with Crippen LogP contribution in [-0.2, 0) is 56.0 Å². The Morgan fingerprint density at radius 2 is 1.03 bits per heavy atom. The Balaban J connectivity index is 2.32. The molecule has 75 heavy (non-hydrogen) atoms. The third-order valence-corrected chi connectivity index (χ3v) is 11.4. The molecule has 0 saturated carbocycles. The van der Waals surface area contributed by atoms with Crippen LogP contribution in [0.25, 0.3) is 0 Å². The fraction of sp³-hybridized carbons (Fsp3) is 0.542. The smallest absolute Gasteiger partial charge is 0.326 e. The largest absolute Gasteiger partial charge is 0.508 e. The lowest BCUT2D eigenvalue weighted by Gasteiger charge is -2.27. The first-order chi connectivity index (χ1) is 35.6. The summed E-state index contributed by atoms with van der Waals surface area (Å²) in [5, 5.41) is 60.0. The average molecular weight is 1060 g/mol. The number of aliphatic hydroxyl groups is 2. The number of aliphatic hydroxyl groups excluding tert-OH is 2. The van der Waals surface area contributed by atoms with E-state index in [4.69, 9.17) is 28.7 Å². The normalized spacial score (nSPS) is 14.5. The molecule has 27 heteroatoms. The van der Waals surface area contributed by atoms with Crippen LogP contribution in [0.1, 0.15) is 76.3 Å². The van der Waals surface area contributed by atoms with Crippen LogP contribution in [0, 0.1) is 0 Å². The number of hydrogen-bond donors (Lipinski definition) is 17. The van der Waals surface area contributed by atoms with Crippen molar-refractivity contribution in [2.24, 2.45) is 33.7 Å². The van der Waals surface area contributed by atoms with Crippen molar-refractivity contribution in [1.29, 1.82) is 0 Å². The van der Waals surface area contributed by atoms with Gasteiger partial charge >= 0.3 is 5.97 Å². The molecule has 0 radical (unpaired) electrons. The summed E-state index contributed by atoms with van der Waals surface area (Å²) >= 11 is 0. The van der Waals surface area contributed by atoms with Crippen LogP contribution in [-0.4, -0.2) is 167 Å². The number of guanidine groups is 1. The predicted octanol–water partition coefficient (Wildman–Crippen LogP) is -5.20. The SMILES string of the molecule is C[C@H](N)C(=O)N[C@H](C(=O)N[C@@H](CCCN=C(N)N)C(=O)N[C@@H](CCCCN)C(=O)NCC(=O)N[C@@H](Cc1ccc(O)cc1)C(=O)N[C@@H](CO)C(=O)N[C@@H](CCCCN)C(=O)N[C@@H](Cc1ccccc1)C(=O)O)[C@@H](C)O. The highest BCUT2D eigenvalue weighted by Crippen LogP contribution is 2.13. The molecular weight excluding hydrogens is 981 g/mol. The van der Waals surface area contributed by atoms with Crippen molar-refractivity contribution in [2.75, 3.05) is 32.8 Å². The molecule has 2 aromatic carbocycles. The third kappa shape index (κ3) is 24.4. The number of carbonyl (C=O) groups is 9. The van der Waals surface area contributed by atoms with E-state index in [2.05, 4.69) is 47.5 Å². The van der Waals surface area contributed by atoms with Gasteiger partial charge in [-0.3, -0.25) is 43.3 Å². The number of benzene rings is 2. The number of carbonyl (C=O) groups excluding carboxylic acids is 8. The van der Waals surface area contributed by atoms with Crippen LogP contribution in [0.5, 0.6) is 5.75 Å². The van der Waals surface area contributed by atoms with Gasteiger partial charge < -0.3 is 91.6 Å².